The van der Waals surface area contributed by atoms with E-state index in [2.05, 4.69) is 16.8 Å². The number of rotatable bonds is 3. The summed E-state index contributed by atoms with van der Waals surface area (Å²) >= 11 is 1.69. The van der Waals surface area contributed by atoms with Crippen molar-refractivity contribution in [2.75, 3.05) is 13.1 Å². The maximum Gasteiger partial charge on any atom is 0.307 e. The molecule has 1 saturated heterocycles. The van der Waals surface area contributed by atoms with Gasteiger partial charge in [0, 0.05) is 19.0 Å². The Morgan fingerprint density at radius 1 is 1.33 bits per heavy atom. The number of aliphatic carboxylic acids is 1. The Morgan fingerprint density at radius 2 is 2.10 bits per heavy atom. The normalized spacial score (nSPS) is 33.0. The first kappa shape index (κ1) is 13.3. The molecule has 2 aliphatic carbocycles. The molecule has 112 valence electrons. The average molecular weight is 305 g/mol. The first-order valence-corrected chi connectivity index (χ1v) is 8.59. The topological polar surface area (TPSA) is 57.6 Å². The van der Waals surface area contributed by atoms with Gasteiger partial charge in [0.1, 0.15) is 0 Å². The fraction of sp³-hybridized carbons (Fsp3) is 0.625. The average Bonchev–Trinajstić information content (AvgIpc) is 3.35. The van der Waals surface area contributed by atoms with Gasteiger partial charge in [0.2, 0.25) is 5.91 Å². The highest BCUT2D eigenvalue weighted by Gasteiger charge is 2.59. The molecule has 0 radical (unpaired) electrons. The summed E-state index contributed by atoms with van der Waals surface area (Å²) in [4.78, 5) is 25.6. The van der Waals surface area contributed by atoms with Gasteiger partial charge in [-0.2, -0.15) is 11.3 Å². The van der Waals surface area contributed by atoms with E-state index in [1.165, 1.54) is 5.56 Å². The van der Waals surface area contributed by atoms with Crippen LogP contribution in [0.15, 0.2) is 16.8 Å². The van der Waals surface area contributed by atoms with E-state index in [1.807, 2.05) is 4.90 Å². The lowest BCUT2D eigenvalue weighted by Gasteiger charge is -2.32. The molecule has 1 aromatic rings. The van der Waals surface area contributed by atoms with E-state index in [0.717, 1.165) is 38.8 Å². The summed E-state index contributed by atoms with van der Waals surface area (Å²) in [5, 5.41) is 13.3. The third-order valence-electron chi connectivity index (χ3n) is 5.64. The van der Waals surface area contributed by atoms with Gasteiger partial charge in [-0.15, -0.1) is 0 Å². The molecule has 1 aliphatic heterocycles. The van der Waals surface area contributed by atoms with Gasteiger partial charge in [-0.05, 0) is 59.4 Å². The Morgan fingerprint density at radius 3 is 2.67 bits per heavy atom. The van der Waals surface area contributed by atoms with Gasteiger partial charge in [0.05, 0.1) is 5.92 Å². The monoisotopic (exact) mass is 305 g/mol. The largest absolute Gasteiger partial charge is 0.481 e. The van der Waals surface area contributed by atoms with Crippen molar-refractivity contribution >= 4 is 23.2 Å². The minimum absolute atomic E-state index is 0.0128. The van der Waals surface area contributed by atoms with Gasteiger partial charge >= 0.3 is 5.97 Å². The Hall–Kier alpha value is -1.36. The van der Waals surface area contributed by atoms with Gasteiger partial charge in [0.25, 0.3) is 0 Å². The van der Waals surface area contributed by atoms with Crippen LogP contribution in [-0.4, -0.2) is 35.0 Å². The zero-order chi connectivity index (χ0) is 14.6. The lowest BCUT2D eigenvalue weighted by atomic mass is 9.90. The summed E-state index contributed by atoms with van der Waals surface area (Å²) in [6, 6.07) is 2.12. The number of carbonyl (C=O) groups is 2. The van der Waals surface area contributed by atoms with Crippen LogP contribution in [0.25, 0.3) is 0 Å². The van der Waals surface area contributed by atoms with Gasteiger partial charge in [-0.25, -0.2) is 0 Å². The maximum absolute atomic E-state index is 12.5. The Labute approximate surface area is 127 Å². The molecule has 3 atom stereocenters. The molecule has 1 unspecified atom stereocenters. The minimum atomic E-state index is -0.658. The van der Waals surface area contributed by atoms with Crippen molar-refractivity contribution in [3.63, 3.8) is 0 Å². The van der Waals surface area contributed by atoms with Crippen molar-refractivity contribution in [1.29, 1.82) is 0 Å². The number of carboxylic acid groups (broad SMARTS) is 1. The summed E-state index contributed by atoms with van der Waals surface area (Å²) < 4.78 is 0. The molecule has 3 fully saturated rings. The first-order chi connectivity index (χ1) is 10.1. The highest BCUT2D eigenvalue weighted by Crippen LogP contribution is 2.60. The van der Waals surface area contributed by atoms with Gasteiger partial charge < -0.3 is 10.0 Å². The Balaban J connectivity index is 1.33. The highest BCUT2D eigenvalue weighted by atomic mass is 32.1. The number of nitrogens with zero attached hydrogens (tertiary/aromatic N) is 1. The second-order valence-electron chi connectivity index (χ2n) is 6.79. The lowest BCUT2D eigenvalue weighted by Crippen LogP contribution is -2.41. The zero-order valence-corrected chi connectivity index (χ0v) is 12.6. The fourth-order valence-corrected chi connectivity index (χ4v) is 4.70. The molecule has 1 amide bonds. The quantitative estimate of drug-likeness (QED) is 0.933. The Bertz CT molecular complexity index is 574. The van der Waals surface area contributed by atoms with Crippen molar-refractivity contribution in [3.05, 3.63) is 22.4 Å². The number of amides is 1. The molecule has 0 bridgehead atoms. The number of piperidine rings is 1. The van der Waals surface area contributed by atoms with Crippen LogP contribution in [0.3, 0.4) is 0 Å². The summed E-state index contributed by atoms with van der Waals surface area (Å²) in [5.41, 5.74) is 1.32. The molecule has 1 aromatic heterocycles. The van der Waals surface area contributed by atoms with Gasteiger partial charge in [0.15, 0.2) is 0 Å². The molecular weight excluding hydrogens is 286 g/mol. The van der Waals surface area contributed by atoms with Gasteiger partial charge in [-0.3, -0.25) is 9.59 Å². The van der Waals surface area contributed by atoms with Crippen LogP contribution < -0.4 is 0 Å². The van der Waals surface area contributed by atoms with Crippen LogP contribution in [0, 0.1) is 17.3 Å². The van der Waals surface area contributed by atoms with Crippen LogP contribution in [0.5, 0.6) is 0 Å². The third kappa shape index (κ3) is 2.18. The minimum Gasteiger partial charge on any atom is -0.481 e. The second kappa shape index (κ2) is 4.57. The van der Waals surface area contributed by atoms with Crippen LogP contribution in [-0.2, 0) is 9.59 Å². The molecular formula is C16H19NO3S. The van der Waals surface area contributed by atoms with Crippen LogP contribution in [0.1, 0.15) is 37.2 Å². The van der Waals surface area contributed by atoms with E-state index >= 15 is 0 Å². The predicted octanol–water partition coefficient (Wildman–Crippen LogP) is 2.56. The molecule has 21 heavy (non-hydrogen) atoms. The second-order valence-corrected chi connectivity index (χ2v) is 7.57. The summed E-state index contributed by atoms with van der Waals surface area (Å²) in [6.45, 7) is 1.49. The van der Waals surface area contributed by atoms with E-state index in [0.29, 0.717) is 5.92 Å². The standard InChI is InChI=1S/C16H19NO3S/c18-14(12-7-11(12)10-1-6-21-9-10)17-4-2-16(3-5-17)8-13(16)15(19)20/h1,6,9,11-13H,2-5,7-8H2,(H,19,20)/t11-,12+,13?/m0/s1. The number of hydrogen-bond acceptors (Lipinski definition) is 3. The molecule has 4 nitrogen and oxygen atoms in total. The third-order valence-corrected chi connectivity index (χ3v) is 6.34. The number of likely N-dealkylation sites (tertiary alicyclic amines) is 1. The van der Waals surface area contributed by atoms with Crippen molar-refractivity contribution < 1.29 is 14.7 Å². The molecule has 5 heteroatoms. The molecule has 1 spiro atoms. The van der Waals surface area contributed by atoms with Crippen LogP contribution in [0.2, 0.25) is 0 Å². The first-order valence-electron chi connectivity index (χ1n) is 7.64. The van der Waals surface area contributed by atoms with Crippen LogP contribution >= 0.6 is 11.3 Å². The van der Waals surface area contributed by atoms with E-state index in [1.54, 1.807) is 11.3 Å². The smallest absolute Gasteiger partial charge is 0.307 e. The molecule has 1 N–H and O–H groups in total. The van der Waals surface area contributed by atoms with E-state index in [4.69, 9.17) is 5.11 Å². The molecule has 2 saturated carbocycles. The van der Waals surface area contributed by atoms with Crippen LogP contribution in [0.4, 0.5) is 0 Å². The summed E-state index contributed by atoms with van der Waals surface area (Å²) in [5.74, 6) is 0.0627. The van der Waals surface area contributed by atoms with Crippen molar-refractivity contribution in [2.24, 2.45) is 17.3 Å². The lowest BCUT2D eigenvalue weighted by molar-refractivity contribution is -0.140. The number of thiophene rings is 1. The molecule has 0 aromatic carbocycles. The molecule has 3 aliphatic rings. The van der Waals surface area contributed by atoms with Gasteiger partial charge in [-0.1, -0.05) is 0 Å². The number of hydrogen-bond donors (Lipinski definition) is 1. The zero-order valence-electron chi connectivity index (χ0n) is 11.8. The highest BCUT2D eigenvalue weighted by molar-refractivity contribution is 7.08. The maximum atomic E-state index is 12.5. The molecule has 2 heterocycles. The van der Waals surface area contributed by atoms with E-state index in [9.17, 15) is 9.59 Å². The van der Waals surface area contributed by atoms with Crippen molar-refractivity contribution in [2.45, 2.75) is 31.6 Å². The molecule has 4 rings (SSSR count). The van der Waals surface area contributed by atoms with Crippen molar-refractivity contribution in [3.8, 4) is 0 Å². The number of carbonyl (C=O) groups excluding carboxylic acids is 1. The number of carboxylic acids is 1. The predicted molar refractivity (Wildman–Crippen MR) is 79.2 cm³/mol. The Kier molecular flexibility index (Phi) is 2.89. The van der Waals surface area contributed by atoms with Crippen molar-refractivity contribution in [1.82, 2.24) is 4.90 Å². The SMILES string of the molecule is O=C(O)C1CC12CCN(C(=O)[C@@H]1C[C@H]1c1ccsc1)CC2. The van der Waals surface area contributed by atoms with E-state index < -0.39 is 5.97 Å². The fourth-order valence-electron chi connectivity index (χ4n) is 3.98. The van der Waals surface area contributed by atoms with E-state index in [-0.39, 0.29) is 23.2 Å². The summed E-state index contributed by atoms with van der Waals surface area (Å²) in [7, 11) is 0. The summed E-state index contributed by atoms with van der Waals surface area (Å²) in [6.07, 6.45) is 3.53.